The maximum absolute atomic E-state index is 10.3. The zero-order valence-corrected chi connectivity index (χ0v) is 11.2. The van der Waals surface area contributed by atoms with Crippen LogP contribution < -0.4 is 0 Å². The maximum Gasteiger partial charge on any atom is 0.184 e. The number of aliphatic hydroxyl groups is 1. The van der Waals surface area contributed by atoms with Crippen LogP contribution in [0.2, 0.25) is 0 Å². The highest BCUT2D eigenvalue weighted by atomic mass is 16.7. The molecule has 1 N–H and O–H groups in total. The van der Waals surface area contributed by atoms with Gasteiger partial charge in [0.2, 0.25) is 0 Å². The third kappa shape index (κ3) is 2.41. The zero-order valence-electron chi connectivity index (χ0n) is 11.2. The largest absolute Gasteiger partial charge is 0.390 e. The van der Waals surface area contributed by atoms with Crippen LogP contribution in [0.3, 0.4) is 0 Å². The van der Waals surface area contributed by atoms with Crippen molar-refractivity contribution < 1.29 is 19.3 Å². The number of benzene rings is 1. The molecule has 0 bridgehead atoms. The number of hydrogen-bond acceptors (Lipinski definition) is 4. The van der Waals surface area contributed by atoms with Crippen molar-refractivity contribution in [2.45, 2.75) is 44.6 Å². The molecule has 2 fully saturated rings. The highest BCUT2D eigenvalue weighted by Crippen LogP contribution is 2.35. The van der Waals surface area contributed by atoms with Crippen molar-refractivity contribution in [3.05, 3.63) is 35.9 Å². The predicted octanol–water partition coefficient (Wildman–Crippen LogP) is 1.88. The molecule has 19 heavy (non-hydrogen) atoms. The van der Waals surface area contributed by atoms with E-state index in [9.17, 15) is 5.11 Å². The lowest BCUT2D eigenvalue weighted by Crippen LogP contribution is -2.57. The number of fused-ring (bicyclic) bond motifs is 1. The predicted molar refractivity (Wildman–Crippen MR) is 69.5 cm³/mol. The van der Waals surface area contributed by atoms with Crippen LogP contribution in [-0.4, -0.2) is 36.1 Å². The van der Waals surface area contributed by atoms with Gasteiger partial charge in [-0.25, -0.2) is 0 Å². The van der Waals surface area contributed by atoms with Crippen LogP contribution in [0.1, 0.15) is 25.7 Å². The van der Waals surface area contributed by atoms with E-state index in [0.717, 1.165) is 5.56 Å². The minimum atomic E-state index is -0.510. The van der Waals surface area contributed by atoms with Crippen molar-refractivity contribution in [2.75, 3.05) is 6.61 Å². The molecule has 2 aliphatic rings. The molecular formula is C15H20O4. The molecule has 4 nitrogen and oxygen atoms in total. The summed E-state index contributed by atoms with van der Waals surface area (Å²) in [5.74, 6) is 0.0655. The van der Waals surface area contributed by atoms with Crippen LogP contribution in [0.5, 0.6) is 0 Å². The minimum Gasteiger partial charge on any atom is -0.390 e. The van der Waals surface area contributed by atoms with E-state index in [1.807, 2.05) is 44.2 Å². The van der Waals surface area contributed by atoms with Crippen LogP contribution in [0, 0.1) is 5.92 Å². The highest BCUT2D eigenvalue weighted by Gasteiger charge is 2.46. The summed E-state index contributed by atoms with van der Waals surface area (Å²) >= 11 is 0. The van der Waals surface area contributed by atoms with Crippen molar-refractivity contribution in [3.8, 4) is 0 Å². The molecule has 4 unspecified atom stereocenters. The topological polar surface area (TPSA) is 47.9 Å². The molecule has 2 heterocycles. The Hall–Kier alpha value is -0.940. The van der Waals surface area contributed by atoms with Gasteiger partial charge in [0.05, 0.1) is 18.8 Å². The first-order chi connectivity index (χ1) is 9.16. The van der Waals surface area contributed by atoms with E-state index in [1.54, 1.807) is 0 Å². The molecule has 3 rings (SSSR count). The summed E-state index contributed by atoms with van der Waals surface area (Å²) in [5, 5.41) is 10.3. The minimum absolute atomic E-state index is 0.0247. The van der Waals surface area contributed by atoms with Crippen LogP contribution in [-0.2, 0) is 14.2 Å². The summed E-state index contributed by atoms with van der Waals surface area (Å²) in [4.78, 5) is 0. The van der Waals surface area contributed by atoms with Crippen molar-refractivity contribution in [1.82, 2.24) is 0 Å². The molecule has 0 saturated carbocycles. The molecule has 0 radical (unpaired) electrons. The summed E-state index contributed by atoms with van der Waals surface area (Å²) in [7, 11) is 0. The van der Waals surface area contributed by atoms with Gasteiger partial charge in [0.1, 0.15) is 12.2 Å². The Morgan fingerprint density at radius 3 is 2.58 bits per heavy atom. The third-order valence-electron chi connectivity index (χ3n) is 4.14. The molecule has 1 aromatic carbocycles. The second-order valence-corrected chi connectivity index (χ2v) is 5.41. The summed E-state index contributed by atoms with van der Waals surface area (Å²) in [6, 6.07) is 9.79. The molecule has 0 aliphatic carbocycles. The molecular weight excluding hydrogens is 244 g/mol. The molecule has 0 aromatic heterocycles. The molecule has 4 heteroatoms. The lowest BCUT2D eigenvalue weighted by molar-refractivity contribution is -0.318. The highest BCUT2D eigenvalue weighted by molar-refractivity contribution is 5.16. The Kier molecular flexibility index (Phi) is 3.58. The summed E-state index contributed by atoms with van der Waals surface area (Å²) < 4.78 is 17.5. The molecule has 1 aromatic rings. The first-order valence-electron chi connectivity index (χ1n) is 6.82. The van der Waals surface area contributed by atoms with Crippen molar-refractivity contribution in [2.24, 2.45) is 5.92 Å². The van der Waals surface area contributed by atoms with Crippen LogP contribution in [0.4, 0.5) is 0 Å². The van der Waals surface area contributed by atoms with E-state index in [0.29, 0.717) is 6.61 Å². The second-order valence-electron chi connectivity index (χ2n) is 5.41. The van der Waals surface area contributed by atoms with Gasteiger partial charge in [-0.2, -0.15) is 0 Å². The second kappa shape index (κ2) is 5.21. The smallest absolute Gasteiger partial charge is 0.184 e. The Labute approximate surface area is 113 Å². The van der Waals surface area contributed by atoms with Gasteiger partial charge in [-0.05, 0) is 6.92 Å². The zero-order chi connectivity index (χ0) is 13.4. The van der Waals surface area contributed by atoms with Crippen molar-refractivity contribution >= 4 is 0 Å². The molecule has 0 amide bonds. The van der Waals surface area contributed by atoms with E-state index >= 15 is 0 Å². The fourth-order valence-electron chi connectivity index (χ4n) is 2.73. The molecule has 2 aliphatic heterocycles. The number of rotatable bonds is 1. The van der Waals surface area contributed by atoms with Crippen molar-refractivity contribution in [1.29, 1.82) is 0 Å². The van der Waals surface area contributed by atoms with E-state index in [4.69, 9.17) is 14.2 Å². The van der Waals surface area contributed by atoms with Gasteiger partial charge in [-0.15, -0.1) is 0 Å². The van der Waals surface area contributed by atoms with E-state index in [-0.39, 0.29) is 24.2 Å². The summed E-state index contributed by atoms with van der Waals surface area (Å²) in [6.07, 6.45) is -1.40. The Bertz CT molecular complexity index is 419. The fourth-order valence-corrected chi connectivity index (χ4v) is 2.73. The van der Waals surface area contributed by atoms with Gasteiger partial charge in [0, 0.05) is 11.5 Å². The normalized spacial score (nSPS) is 42.7. The Balaban J connectivity index is 1.75. The molecule has 104 valence electrons. The summed E-state index contributed by atoms with van der Waals surface area (Å²) in [5.41, 5.74) is 0.972. The van der Waals surface area contributed by atoms with Gasteiger partial charge in [0.15, 0.2) is 6.29 Å². The van der Waals surface area contributed by atoms with Gasteiger partial charge in [0.25, 0.3) is 0 Å². The quantitative estimate of drug-likeness (QED) is 0.841. The van der Waals surface area contributed by atoms with Crippen molar-refractivity contribution in [3.63, 3.8) is 0 Å². The first kappa shape index (κ1) is 13.1. The van der Waals surface area contributed by atoms with Gasteiger partial charge >= 0.3 is 0 Å². The lowest BCUT2D eigenvalue weighted by atomic mass is 9.88. The Morgan fingerprint density at radius 2 is 1.84 bits per heavy atom. The standard InChI is InChI=1S/C15H20O4/c1-9-10(2)18-12-8-17-15(19-14(12)13(9)16)11-6-4-3-5-7-11/h3-7,9-10,12-16H,8H2,1-2H3/t9?,10-,12?,13?,14-,15?/m1/s1. The van der Waals surface area contributed by atoms with E-state index in [2.05, 4.69) is 0 Å². The average molecular weight is 264 g/mol. The van der Waals surface area contributed by atoms with E-state index < -0.39 is 12.4 Å². The number of ether oxygens (including phenoxy) is 3. The first-order valence-corrected chi connectivity index (χ1v) is 6.82. The summed E-state index contributed by atoms with van der Waals surface area (Å²) in [6.45, 7) is 4.42. The molecule has 6 atom stereocenters. The fraction of sp³-hybridized carbons (Fsp3) is 0.600. The van der Waals surface area contributed by atoms with Crippen LogP contribution in [0.15, 0.2) is 30.3 Å². The SMILES string of the molecule is CC1C(O)[C@@H]2OC(c3ccccc3)OCC2O[C@@H]1C. The molecule has 0 spiro atoms. The van der Waals surface area contributed by atoms with Crippen LogP contribution >= 0.6 is 0 Å². The monoisotopic (exact) mass is 264 g/mol. The van der Waals surface area contributed by atoms with Crippen LogP contribution in [0.25, 0.3) is 0 Å². The van der Waals surface area contributed by atoms with Gasteiger partial charge in [-0.3, -0.25) is 0 Å². The third-order valence-corrected chi connectivity index (χ3v) is 4.14. The number of hydrogen-bond donors (Lipinski definition) is 1. The van der Waals surface area contributed by atoms with Gasteiger partial charge in [-0.1, -0.05) is 37.3 Å². The average Bonchev–Trinajstić information content (AvgIpc) is 2.46. The maximum atomic E-state index is 10.3. The molecule has 2 saturated heterocycles. The number of aliphatic hydroxyl groups excluding tert-OH is 1. The Morgan fingerprint density at radius 1 is 1.11 bits per heavy atom. The lowest BCUT2D eigenvalue weighted by Gasteiger charge is -2.46. The van der Waals surface area contributed by atoms with Gasteiger partial charge < -0.3 is 19.3 Å². The van der Waals surface area contributed by atoms with E-state index in [1.165, 1.54) is 0 Å².